The summed E-state index contributed by atoms with van der Waals surface area (Å²) >= 11 is 0. The van der Waals surface area contributed by atoms with Gasteiger partial charge in [-0.1, -0.05) is 0 Å². The van der Waals surface area contributed by atoms with Crippen molar-refractivity contribution in [2.24, 2.45) is 0 Å². The monoisotopic (exact) mass is 329 g/mol. The SMILES string of the molecule is COc1cc(-c2oc3cc(=O)cc(O)c-3cc2O)cc(OC)c1[O-]. The number of ether oxygens (including phenoxy) is 2. The van der Waals surface area contributed by atoms with E-state index in [1.165, 1.54) is 38.5 Å². The number of hydrogen-bond donors (Lipinski definition) is 2. The van der Waals surface area contributed by atoms with Crippen molar-refractivity contribution in [2.45, 2.75) is 0 Å². The van der Waals surface area contributed by atoms with Gasteiger partial charge in [0, 0.05) is 17.7 Å². The fraction of sp³-hybridized carbons (Fsp3) is 0.118. The Morgan fingerprint density at radius 2 is 1.58 bits per heavy atom. The summed E-state index contributed by atoms with van der Waals surface area (Å²) in [4.78, 5) is 11.5. The summed E-state index contributed by atoms with van der Waals surface area (Å²) in [7, 11) is 2.66. The largest absolute Gasteiger partial charge is 0.867 e. The van der Waals surface area contributed by atoms with Gasteiger partial charge in [-0.3, -0.25) is 4.79 Å². The number of hydrogen-bond acceptors (Lipinski definition) is 7. The van der Waals surface area contributed by atoms with Gasteiger partial charge in [-0.25, -0.2) is 0 Å². The summed E-state index contributed by atoms with van der Waals surface area (Å²) in [5.41, 5.74) is 0.0687. The maximum absolute atomic E-state index is 12.0. The number of rotatable bonds is 3. The average Bonchev–Trinajstić information content (AvgIpc) is 2.55. The Kier molecular flexibility index (Phi) is 3.69. The van der Waals surface area contributed by atoms with Crippen LogP contribution in [0.1, 0.15) is 0 Å². The zero-order valence-electron chi connectivity index (χ0n) is 12.8. The summed E-state index contributed by atoms with van der Waals surface area (Å²) in [5.74, 6) is -0.893. The number of aromatic hydroxyl groups is 2. The highest BCUT2D eigenvalue weighted by molar-refractivity contribution is 5.76. The van der Waals surface area contributed by atoms with Gasteiger partial charge in [0.2, 0.25) is 0 Å². The highest BCUT2D eigenvalue weighted by atomic mass is 16.5. The van der Waals surface area contributed by atoms with Crippen molar-refractivity contribution in [3.8, 4) is 51.4 Å². The molecule has 0 saturated carbocycles. The molecule has 1 aliphatic carbocycles. The lowest BCUT2D eigenvalue weighted by Crippen LogP contribution is -2.00. The van der Waals surface area contributed by atoms with E-state index in [1.807, 2.05) is 0 Å². The second-order valence-corrected chi connectivity index (χ2v) is 5.02. The normalized spacial score (nSPS) is 10.8. The van der Waals surface area contributed by atoms with Crippen LogP contribution in [0.5, 0.6) is 28.7 Å². The van der Waals surface area contributed by atoms with E-state index in [0.717, 1.165) is 6.07 Å². The quantitative estimate of drug-likeness (QED) is 0.754. The predicted octanol–water partition coefficient (Wildman–Crippen LogP) is 1.91. The van der Waals surface area contributed by atoms with Crippen LogP contribution in [0.3, 0.4) is 0 Å². The Labute approximate surface area is 136 Å². The lowest BCUT2D eigenvalue weighted by molar-refractivity contribution is -0.271. The van der Waals surface area contributed by atoms with Crippen molar-refractivity contribution in [3.63, 3.8) is 0 Å². The first-order chi connectivity index (χ1) is 11.4. The van der Waals surface area contributed by atoms with Gasteiger partial charge in [0.05, 0.1) is 19.8 Å². The zero-order valence-corrected chi connectivity index (χ0v) is 12.8. The van der Waals surface area contributed by atoms with Gasteiger partial charge in [-0.05, 0) is 23.9 Å². The molecular weight excluding hydrogens is 316 g/mol. The summed E-state index contributed by atoms with van der Waals surface area (Å²) in [6.45, 7) is 0. The van der Waals surface area contributed by atoms with Crippen LogP contribution < -0.4 is 20.0 Å². The van der Waals surface area contributed by atoms with Crippen LogP contribution in [0.15, 0.2) is 39.5 Å². The summed E-state index contributed by atoms with van der Waals surface area (Å²) in [5, 5.41) is 32.0. The minimum atomic E-state index is -0.441. The second-order valence-electron chi connectivity index (χ2n) is 5.02. The van der Waals surface area contributed by atoms with Crippen LogP contribution in [-0.4, -0.2) is 24.4 Å². The second kappa shape index (κ2) is 5.69. The maximum atomic E-state index is 12.0. The molecule has 0 unspecified atom stereocenters. The molecule has 0 saturated heterocycles. The number of methoxy groups -OCH3 is 2. The van der Waals surface area contributed by atoms with Gasteiger partial charge >= 0.3 is 0 Å². The minimum absolute atomic E-state index is 0.00380. The first-order valence-electron chi connectivity index (χ1n) is 6.88. The minimum Gasteiger partial charge on any atom is -0.867 e. The molecule has 7 nitrogen and oxygen atoms in total. The van der Waals surface area contributed by atoms with Gasteiger partial charge in [0.15, 0.2) is 16.9 Å². The topological polar surface area (TPSA) is 112 Å². The molecule has 2 N–H and O–H groups in total. The molecule has 1 heterocycles. The fourth-order valence-corrected chi connectivity index (χ4v) is 2.40. The van der Waals surface area contributed by atoms with Crippen molar-refractivity contribution in [3.05, 3.63) is 40.6 Å². The van der Waals surface area contributed by atoms with Gasteiger partial charge < -0.3 is 29.2 Å². The Morgan fingerprint density at radius 1 is 0.958 bits per heavy atom. The summed E-state index contributed by atoms with van der Waals surface area (Å²) in [6.07, 6.45) is 0. The molecule has 3 rings (SSSR count). The van der Waals surface area contributed by atoms with Crippen molar-refractivity contribution in [1.29, 1.82) is 0 Å². The van der Waals surface area contributed by atoms with Crippen LogP contribution in [0.25, 0.3) is 22.6 Å². The molecule has 0 atom stereocenters. The zero-order chi connectivity index (χ0) is 17.4. The molecule has 0 bridgehead atoms. The van der Waals surface area contributed by atoms with Gasteiger partial charge in [0.1, 0.15) is 23.0 Å². The number of phenols is 1. The first-order valence-corrected chi connectivity index (χ1v) is 6.88. The van der Waals surface area contributed by atoms with Crippen LogP contribution in [-0.2, 0) is 0 Å². The van der Waals surface area contributed by atoms with Crippen molar-refractivity contribution >= 4 is 0 Å². The van der Waals surface area contributed by atoms with Crippen LogP contribution in [0, 0.1) is 0 Å². The first kappa shape index (κ1) is 15.5. The van der Waals surface area contributed by atoms with Gasteiger partial charge in [-0.2, -0.15) is 0 Å². The molecule has 1 aromatic rings. The standard InChI is InChI=1S/C17H14O7/c1-22-14-3-8(4-15(23-2)16(14)21)17-12(20)7-10-11(19)5-9(18)6-13(10)24-17/h3-7,19-21H,1-2H3/p-1. The molecule has 1 aliphatic heterocycles. The Morgan fingerprint density at radius 3 is 2.17 bits per heavy atom. The number of fused-ring (bicyclic) bond motifs is 1. The summed E-state index contributed by atoms with van der Waals surface area (Å²) in [6, 6.07) is 6.25. The highest BCUT2D eigenvalue weighted by Crippen LogP contribution is 2.44. The van der Waals surface area contributed by atoms with Gasteiger partial charge in [-0.15, -0.1) is 0 Å². The average molecular weight is 329 g/mol. The Balaban J connectivity index is 2.29. The molecule has 0 radical (unpaired) electrons. The van der Waals surface area contributed by atoms with E-state index in [0.29, 0.717) is 5.56 Å². The van der Waals surface area contributed by atoms with E-state index in [-0.39, 0.29) is 40.1 Å². The lowest BCUT2D eigenvalue weighted by Gasteiger charge is -2.19. The van der Waals surface area contributed by atoms with E-state index in [2.05, 4.69) is 0 Å². The highest BCUT2D eigenvalue weighted by Gasteiger charge is 2.19. The van der Waals surface area contributed by atoms with E-state index < -0.39 is 11.2 Å². The third-order valence-electron chi connectivity index (χ3n) is 3.54. The molecule has 24 heavy (non-hydrogen) atoms. The number of phenolic OH excluding ortho intramolecular Hbond substituents is 1. The molecule has 0 amide bonds. The van der Waals surface area contributed by atoms with Crippen LogP contribution >= 0.6 is 0 Å². The Bertz CT molecular complexity index is 917. The maximum Gasteiger partial charge on any atom is 0.186 e. The number of benzene rings is 2. The third kappa shape index (κ3) is 2.45. The molecule has 124 valence electrons. The van der Waals surface area contributed by atoms with Crippen molar-refractivity contribution in [2.75, 3.05) is 14.2 Å². The molecule has 0 spiro atoms. The molecular formula is C17H13O7-. The predicted molar refractivity (Wildman–Crippen MR) is 82.9 cm³/mol. The third-order valence-corrected chi connectivity index (χ3v) is 3.54. The molecule has 2 aliphatic rings. The molecule has 1 aromatic carbocycles. The van der Waals surface area contributed by atoms with Crippen molar-refractivity contribution in [1.82, 2.24) is 0 Å². The molecule has 0 fully saturated rings. The van der Waals surface area contributed by atoms with Crippen molar-refractivity contribution < 1.29 is 29.2 Å². The molecule has 0 aromatic heterocycles. The van der Waals surface area contributed by atoms with E-state index in [4.69, 9.17) is 13.9 Å². The van der Waals surface area contributed by atoms with Gasteiger partial charge in [0.25, 0.3) is 0 Å². The fourth-order valence-electron chi connectivity index (χ4n) is 2.40. The Hall–Kier alpha value is -3.35. The molecule has 7 heteroatoms. The van der Waals surface area contributed by atoms with E-state index in [1.54, 1.807) is 0 Å². The van der Waals surface area contributed by atoms with E-state index >= 15 is 0 Å². The van der Waals surface area contributed by atoms with Crippen LogP contribution in [0.2, 0.25) is 0 Å². The lowest BCUT2D eigenvalue weighted by atomic mass is 10.1. The smallest absolute Gasteiger partial charge is 0.186 e. The van der Waals surface area contributed by atoms with Crippen LogP contribution in [0.4, 0.5) is 0 Å². The van der Waals surface area contributed by atoms with E-state index in [9.17, 15) is 20.1 Å². The summed E-state index contributed by atoms with van der Waals surface area (Å²) < 4.78 is 15.6.